The first-order valence-electron chi connectivity index (χ1n) is 4.11. The van der Waals surface area contributed by atoms with Crippen LogP contribution in [-0.2, 0) is 0 Å². The van der Waals surface area contributed by atoms with E-state index in [1.807, 2.05) is 12.1 Å². The van der Waals surface area contributed by atoms with Gasteiger partial charge in [0.15, 0.2) is 5.95 Å². The minimum Gasteiger partial charge on any atom is -0.481 e. The van der Waals surface area contributed by atoms with E-state index in [0.717, 1.165) is 11.3 Å². The Morgan fingerprint density at radius 3 is 2.93 bits per heavy atom. The summed E-state index contributed by atoms with van der Waals surface area (Å²) in [5.41, 5.74) is 7.12. The summed E-state index contributed by atoms with van der Waals surface area (Å²) < 4.78 is 5.11. The average molecular weight is 190 g/mol. The zero-order chi connectivity index (χ0) is 9.97. The van der Waals surface area contributed by atoms with Gasteiger partial charge >= 0.3 is 0 Å². The summed E-state index contributed by atoms with van der Waals surface area (Å²) in [6, 6.07) is 3.72. The Balaban J connectivity index is 2.50. The Morgan fingerprint density at radius 2 is 2.29 bits per heavy atom. The van der Waals surface area contributed by atoms with Crippen molar-refractivity contribution in [2.75, 3.05) is 12.8 Å². The third kappa shape index (κ3) is 1.39. The SMILES string of the molecule is COc1ncccc1-c1cnc(N)[nH]1. The van der Waals surface area contributed by atoms with Gasteiger partial charge in [0.2, 0.25) is 5.88 Å². The maximum atomic E-state index is 5.48. The van der Waals surface area contributed by atoms with Crippen molar-refractivity contribution in [1.29, 1.82) is 0 Å². The minimum absolute atomic E-state index is 0.380. The molecule has 0 bridgehead atoms. The van der Waals surface area contributed by atoms with E-state index in [1.165, 1.54) is 0 Å². The Labute approximate surface area is 81.0 Å². The number of aromatic amines is 1. The van der Waals surface area contributed by atoms with Crippen molar-refractivity contribution in [2.24, 2.45) is 0 Å². The maximum Gasteiger partial charge on any atom is 0.222 e. The standard InChI is InChI=1S/C9H10N4O/c1-14-8-6(3-2-4-11-8)7-5-12-9(10)13-7/h2-5H,1H3,(H3,10,12,13). The van der Waals surface area contributed by atoms with Crippen LogP contribution in [0.4, 0.5) is 5.95 Å². The van der Waals surface area contributed by atoms with Crippen molar-refractivity contribution in [1.82, 2.24) is 15.0 Å². The van der Waals surface area contributed by atoms with Gasteiger partial charge in [0, 0.05) is 6.20 Å². The molecular weight excluding hydrogens is 180 g/mol. The summed E-state index contributed by atoms with van der Waals surface area (Å²) in [5, 5.41) is 0. The molecule has 0 saturated carbocycles. The van der Waals surface area contributed by atoms with Crippen LogP contribution in [0.2, 0.25) is 0 Å². The second-order valence-corrected chi connectivity index (χ2v) is 2.74. The topological polar surface area (TPSA) is 76.8 Å². The molecule has 0 saturated heterocycles. The van der Waals surface area contributed by atoms with Crippen LogP contribution in [0.5, 0.6) is 5.88 Å². The van der Waals surface area contributed by atoms with Gasteiger partial charge in [0.05, 0.1) is 24.6 Å². The molecule has 0 aliphatic carbocycles. The Bertz CT molecular complexity index is 438. The van der Waals surface area contributed by atoms with E-state index in [9.17, 15) is 0 Å². The van der Waals surface area contributed by atoms with E-state index in [1.54, 1.807) is 19.5 Å². The summed E-state index contributed by atoms with van der Waals surface area (Å²) in [6.45, 7) is 0. The van der Waals surface area contributed by atoms with Gasteiger partial charge in [0.1, 0.15) is 0 Å². The number of hydrogen-bond donors (Lipinski definition) is 2. The highest BCUT2D eigenvalue weighted by atomic mass is 16.5. The number of nitrogens with one attached hydrogen (secondary N) is 1. The van der Waals surface area contributed by atoms with Gasteiger partial charge in [-0.05, 0) is 12.1 Å². The lowest BCUT2D eigenvalue weighted by molar-refractivity contribution is 0.399. The van der Waals surface area contributed by atoms with Crippen LogP contribution >= 0.6 is 0 Å². The first-order chi connectivity index (χ1) is 6.81. The molecule has 2 aromatic heterocycles. The van der Waals surface area contributed by atoms with Crippen LogP contribution < -0.4 is 10.5 Å². The number of nitrogen functional groups attached to an aromatic ring is 1. The maximum absolute atomic E-state index is 5.48. The Morgan fingerprint density at radius 1 is 1.43 bits per heavy atom. The minimum atomic E-state index is 0.380. The van der Waals surface area contributed by atoms with E-state index in [2.05, 4.69) is 15.0 Å². The van der Waals surface area contributed by atoms with Crippen molar-refractivity contribution in [3.8, 4) is 17.1 Å². The van der Waals surface area contributed by atoms with Crippen molar-refractivity contribution in [2.45, 2.75) is 0 Å². The number of nitrogens with two attached hydrogens (primary N) is 1. The van der Waals surface area contributed by atoms with Gasteiger partial charge in [-0.15, -0.1) is 0 Å². The molecule has 5 nitrogen and oxygen atoms in total. The monoisotopic (exact) mass is 190 g/mol. The number of pyridine rings is 1. The molecule has 0 aromatic carbocycles. The van der Waals surface area contributed by atoms with Crippen molar-refractivity contribution >= 4 is 5.95 Å². The molecule has 0 aliphatic heterocycles. The third-order valence-corrected chi connectivity index (χ3v) is 1.85. The van der Waals surface area contributed by atoms with E-state index in [-0.39, 0.29) is 0 Å². The fourth-order valence-corrected chi connectivity index (χ4v) is 1.23. The number of H-pyrrole nitrogens is 1. The highest BCUT2D eigenvalue weighted by Gasteiger charge is 2.07. The second-order valence-electron chi connectivity index (χ2n) is 2.74. The summed E-state index contributed by atoms with van der Waals surface area (Å²) in [4.78, 5) is 10.9. The van der Waals surface area contributed by atoms with Gasteiger partial charge in [-0.3, -0.25) is 0 Å². The molecule has 2 aromatic rings. The van der Waals surface area contributed by atoms with Crippen LogP contribution in [0.15, 0.2) is 24.5 Å². The van der Waals surface area contributed by atoms with E-state index < -0.39 is 0 Å². The van der Waals surface area contributed by atoms with Gasteiger partial charge in [-0.25, -0.2) is 9.97 Å². The number of hydrogen-bond acceptors (Lipinski definition) is 4. The average Bonchev–Trinajstić information content (AvgIpc) is 2.65. The van der Waals surface area contributed by atoms with Gasteiger partial charge in [-0.2, -0.15) is 0 Å². The molecule has 5 heteroatoms. The largest absolute Gasteiger partial charge is 0.481 e. The van der Waals surface area contributed by atoms with Crippen LogP contribution in [0, 0.1) is 0 Å². The van der Waals surface area contributed by atoms with E-state index in [4.69, 9.17) is 10.5 Å². The van der Waals surface area contributed by atoms with Gasteiger partial charge in [-0.1, -0.05) is 0 Å². The zero-order valence-corrected chi connectivity index (χ0v) is 7.69. The molecule has 3 N–H and O–H groups in total. The summed E-state index contributed by atoms with van der Waals surface area (Å²) in [6.07, 6.45) is 3.32. The van der Waals surface area contributed by atoms with Crippen molar-refractivity contribution < 1.29 is 4.74 Å². The number of imidazole rings is 1. The quantitative estimate of drug-likeness (QED) is 0.742. The van der Waals surface area contributed by atoms with Crippen LogP contribution in [-0.4, -0.2) is 22.1 Å². The number of anilines is 1. The van der Waals surface area contributed by atoms with Gasteiger partial charge in [0.25, 0.3) is 0 Å². The smallest absolute Gasteiger partial charge is 0.222 e. The van der Waals surface area contributed by atoms with Crippen LogP contribution in [0.3, 0.4) is 0 Å². The molecule has 72 valence electrons. The number of rotatable bonds is 2. The lowest BCUT2D eigenvalue weighted by atomic mass is 10.2. The first-order valence-corrected chi connectivity index (χ1v) is 4.11. The second kappa shape index (κ2) is 3.37. The molecular formula is C9H10N4O. The highest BCUT2D eigenvalue weighted by Crippen LogP contribution is 2.25. The number of aromatic nitrogens is 3. The van der Waals surface area contributed by atoms with Crippen LogP contribution in [0.25, 0.3) is 11.3 Å². The van der Waals surface area contributed by atoms with Crippen LogP contribution in [0.1, 0.15) is 0 Å². The predicted octanol–water partition coefficient (Wildman–Crippen LogP) is 1.06. The molecule has 0 aliphatic rings. The fraction of sp³-hybridized carbons (Fsp3) is 0.111. The van der Waals surface area contributed by atoms with E-state index >= 15 is 0 Å². The molecule has 14 heavy (non-hydrogen) atoms. The molecule has 0 fully saturated rings. The Hall–Kier alpha value is -2.04. The first kappa shape index (κ1) is 8.55. The molecule has 2 rings (SSSR count). The van der Waals surface area contributed by atoms with Gasteiger partial charge < -0.3 is 15.5 Å². The molecule has 0 spiro atoms. The highest BCUT2D eigenvalue weighted by molar-refractivity contribution is 5.65. The summed E-state index contributed by atoms with van der Waals surface area (Å²) in [7, 11) is 1.57. The van der Waals surface area contributed by atoms with Crippen molar-refractivity contribution in [3.63, 3.8) is 0 Å². The normalized spacial score (nSPS) is 10.1. The molecule has 2 heterocycles. The number of methoxy groups -OCH3 is 1. The molecule has 0 amide bonds. The predicted molar refractivity (Wildman–Crippen MR) is 52.8 cm³/mol. The summed E-state index contributed by atoms with van der Waals surface area (Å²) >= 11 is 0. The Kier molecular flexibility index (Phi) is 2.06. The molecule has 0 unspecified atom stereocenters. The summed E-state index contributed by atoms with van der Waals surface area (Å²) in [5.74, 6) is 0.932. The molecule has 0 atom stereocenters. The number of ether oxygens (including phenoxy) is 1. The third-order valence-electron chi connectivity index (χ3n) is 1.85. The van der Waals surface area contributed by atoms with Crippen molar-refractivity contribution in [3.05, 3.63) is 24.5 Å². The molecule has 0 radical (unpaired) electrons. The lowest BCUT2D eigenvalue weighted by Crippen LogP contribution is -1.91. The number of nitrogens with zero attached hydrogens (tertiary/aromatic N) is 2. The lowest BCUT2D eigenvalue weighted by Gasteiger charge is -2.03. The van der Waals surface area contributed by atoms with E-state index in [0.29, 0.717) is 11.8 Å². The fourth-order valence-electron chi connectivity index (χ4n) is 1.23. The zero-order valence-electron chi connectivity index (χ0n) is 7.69.